The minimum Gasteiger partial charge on any atom is -0.446 e. The van der Waals surface area contributed by atoms with Gasteiger partial charge in [0, 0.05) is 19.9 Å². The average Bonchev–Trinajstić information content (AvgIpc) is 2.68. The summed E-state index contributed by atoms with van der Waals surface area (Å²) in [4.78, 5) is 16.1. The molecular weight excluding hydrogens is 252 g/mol. The number of hydrogen-bond donors (Lipinski definition) is 1. The summed E-state index contributed by atoms with van der Waals surface area (Å²) in [5, 5.41) is 2.91. The number of hydrogen-bond acceptors (Lipinski definition) is 3. The lowest BCUT2D eigenvalue weighted by Crippen LogP contribution is -2.27. The van der Waals surface area contributed by atoms with Crippen LogP contribution in [-0.4, -0.2) is 17.4 Å². The number of benzene rings is 1. The van der Waals surface area contributed by atoms with Gasteiger partial charge >= 0.3 is 0 Å². The number of amides is 1. The van der Waals surface area contributed by atoms with Crippen LogP contribution in [0.25, 0.3) is 0 Å². The number of oxazole rings is 1. The molecular formula is C16H20N2O2. The van der Waals surface area contributed by atoms with Crippen molar-refractivity contribution in [1.29, 1.82) is 0 Å². The zero-order valence-corrected chi connectivity index (χ0v) is 12.2. The molecule has 0 aliphatic rings. The quantitative estimate of drug-likeness (QED) is 0.910. The van der Waals surface area contributed by atoms with Gasteiger partial charge in [0.25, 0.3) is 0 Å². The second-order valence-electron chi connectivity index (χ2n) is 5.01. The largest absolute Gasteiger partial charge is 0.446 e. The van der Waals surface area contributed by atoms with Gasteiger partial charge in [0.15, 0.2) is 5.89 Å². The van der Waals surface area contributed by atoms with Crippen LogP contribution in [0.15, 0.2) is 28.7 Å². The van der Waals surface area contributed by atoms with Crippen LogP contribution >= 0.6 is 0 Å². The number of aryl methyl sites for hydroxylation is 3. The Labute approximate surface area is 119 Å². The maximum atomic E-state index is 11.8. The predicted molar refractivity (Wildman–Crippen MR) is 77.6 cm³/mol. The van der Waals surface area contributed by atoms with E-state index < -0.39 is 0 Å². The molecule has 106 valence electrons. The second kappa shape index (κ2) is 6.37. The van der Waals surface area contributed by atoms with Crippen molar-refractivity contribution in [2.45, 2.75) is 33.6 Å². The van der Waals surface area contributed by atoms with Crippen molar-refractivity contribution in [1.82, 2.24) is 10.3 Å². The standard InChI is InChI=1S/C16H20N2O2/c1-11-5-4-6-14(9-11)10-16(19)17-8-7-15-12(2)18-13(3)20-15/h4-6,9H,7-8,10H2,1-3H3,(H,17,19). The van der Waals surface area contributed by atoms with Crippen molar-refractivity contribution >= 4 is 5.91 Å². The van der Waals surface area contributed by atoms with E-state index in [2.05, 4.69) is 10.3 Å². The lowest BCUT2D eigenvalue weighted by molar-refractivity contribution is -0.120. The molecule has 0 atom stereocenters. The van der Waals surface area contributed by atoms with Gasteiger partial charge in [0.1, 0.15) is 5.76 Å². The highest BCUT2D eigenvalue weighted by Crippen LogP contribution is 2.09. The Morgan fingerprint density at radius 3 is 2.75 bits per heavy atom. The number of aromatic nitrogens is 1. The summed E-state index contributed by atoms with van der Waals surface area (Å²) >= 11 is 0. The van der Waals surface area contributed by atoms with Gasteiger partial charge in [-0.1, -0.05) is 29.8 Å². The van der Waals surface area contributed by atoms with Crippen LogP contribution in [-0.2, 0) is 17.6 Å². The third-order valence-electron chi connectivity index (χ3n) is 3.12. The Morgan fingerprint density at radius 1 is 1.30 bits per heavy atom. The lowest BCUT2D eigenvalue weighted by Gasteiger charge is -2.05. The molecule has 0 aliphatic heterocycles. The summed E-state index contributed by atoms with van der Waals surface area (Å²) in [5.41, 5.74) is 3.10. The van der Waals surface area contributed by atoms with Crippen LogP contribution in [0, 0.1) is 20.8 Å². The first-order chi connectivity index (χ1) is 9.54. The number of carbonyl (C=O) groups is 1. The summed E-state index contributed by atoms with van der Waals surface area (Å²) < 4.78 is 5.47. The van der Waals surface area contributed by atoms with Crippen LogP contribution in [0.2, 0.25) is 0 Å². The fourth-order valence-electron chi connectivity index (χ4n) is 2.19. The summed E-state index contributed by atoms with van der Waals surface area (Å²) in [6, 6.07) is 8.00. The Balaban J connectivity index is 1.79. The molecule has 4 heteroatoms. The molecule has 0 saturated heterocycles. The molecule has 1 aromatic carbocycles. The summed E-state index contributed by atoms with van der Waals surface area (Å²) in [7, 11) is 0. The molecule has 20 heavy (non-hydrogen) atoms. The first-order valence-corrected chi connectivity index (χ1v) is 6.80. The average molecular weight is 272 g/mol. The van der Waals surface area contributed by atoms with Gasteiger partial charge in [-0.2, -0.15) is 0 Å². The highest BCUT2D eigenvalue weighted by Gasteiger charge is 2.08. The van der Waals surface area contributed by atoms with Crippen LogP contribution in [0.4, 0.5) is 0 Å². The minimum absolute atomic E-state index is 0.0319. The molecule has 4 nitrogen and oxygen atoms in total. The maximum absolute atomic E-state index is 11.8. The van der Waals surface area contributed by atoms with Gasteiger partial charge in [-0.15, -0.1) is 0 Å². The normalized spacial score (nSPS) is 10.6. The van der Waals surface area contributed by atoms with Crippen LogP contribution in [0.3, 0.4) is 0 Å². The minimum atomic E-state index is 0.0319. The molecule has 0 aliphatic carbocycles. The third-order valence-corrected chi connectivity index (χ3v) is 3.12. The highest BCUT2D eigenvalue weighted by atomic mass is 16.4. The summed E-state index contributed by atoms with van der Waals surface area (Å²) in [6.07, 6.45) is 1.09. The van der Waals surface area contributed by atoms with E-state index in [0.717, 1.165) is 17.0 Å². The van der Waals surface area contributed by atoms with Gasteiger partial charge in [-0.25, -0.2) is 4.98 Å². The number of nitrogens with zero attached hydrogens (tertiary/aromatic N) is 1. The molecule has 0 radical (unpaired) electrons. The zero-order chi connectivity index (χ0) is 14.5. The predicted octanol–water partition coefficient (Wildman–Crippen LogP) is 2.50. The van der Waals surface area contributed by atoms with E-state index in [1.807, 2.05) is 45.0 Å². The van der Waals surface area contributed by atoms with E-state index in [-0.39, 0.29) is 5.91 Å². The first kappa shape index (κ1) is 14.3. The lowest BCUT2D eigenvalue weighted by atomic mass is 10.1. The molecule has 2 aromatic rings. The molecule has 0 bridgehead atoms. The number of rotatable bonds is 5. The van der Waals surface area contributed by atoms with E-state index >= 15 is 0 Å². The molecule has 2 rings (SSSR count). The van der Waals surface area contributed by atoms with E-state index in [9.17, 15) is 4.79 Å². The van der Waals surface area contributed by atoms with Crippen molar-refractivity contribution in [2.75, 3.05) is 6.54 Å². The van der Waals surface area contributed by atoms with Crippen molar-refractivity contribution in [3.63, 3.8) is 0 Å². The molecule has 1 amide bonds. The molecule has 1 heterocycles. The maximum Gasteiger partial charge on any atom is 0.224 e. The topological polar surface area (TPSA) is 55.1 Å². The highest BCUT2D eigenvalue weighted by molar-refractivity contribution is 5.78. The molecule has 0 spiro atoms. The molecule has 0 saturated carbocycles. The van der Waals surface area contributed by atoms with Crippen molar-refractivity contribution in [2.24, 2.45) is 0 Å². The van der Waals surface area contributed by atoms with E-state index in [0.29, 0.717) is 25.3 Å². The van der Waals surface area contributed by atoms with Gasteiger partial charge in [0.2, 0.25) is 5.91 Å². The molecule has 1 N–H and O–H groups in total. The summed E-state index contributed by atoms with van der Waals surface area (Å²) in [6.45, 7) is 6.34. The fourth-order valence-corrected chi connectivity index (χ4v) is 2.19. The monoisotopic (exact) mass is 272 g/mol. The first-order valence-electron chi connectivity index (χ1n) is 6.80. The molecule has 1 aromatic heterocycles. The third kappa shape index (κ3) is 3.95. The Morgan fingerprint density at radius 2 is 2.10 bits per heavy atom. The SMILES string of the molecule is Cc1cccc(CC(=O)NCCc2oc(C)nc2C)c1. The van der Waals surface area contributed by atoms with Crippen LogP contribution in [0.5, 0.6) is 0 Å². The summed E-state index contributed by atoms with van der Waals surface area (Å²) in [5.74, 6) is 1.55. The van der Waals surface area contributed by atoms with E-state index in [1.54, 1.807) is 0 Å². The molecule has 0 unspecified atom stereocenters. The van der Waals surface area contributed by atoms with Crippen LogP contribution in [0.1, 0.15) is 28.5 Å². The van der Waals surface area contributed by atoms with Crippen LogP contribution < -0.4 is 5.32 Å². The Bertz CT molecular complexity index is 602. The molecule has 0 fully saturated rings. The number of carbonyl (C=O) groups excluding carboxylic acids is 1. The van der Waals surface area contributed by atoms with Gasteiger partial charge in [-0.3, -0.25) is 4.79 Å². The zero-order valence-electron chi connectivity index (χ0n) is 12.2. The van der Waals surface area contributed by atoms with Crippen molar-refractivity contribution in [3.8, 4) is 0 Å². The smallest absolute Gasteiger partial charge is 0.224 e. The fraction of sp³-hybridized carbons (Fsp3) is 0.375. The van der Waals surface area contributed by atoms with Crippen molar-refractivity contribution < 1.29 is 9.21 Å². The van der Waals surface area contributed by atoms with Gasteiger partial charge < -0.3 is 9.73 Å². The Hall–Kier alpha value is -2.10. The van der Waals surface area contributed by atoms with Gasteiger partial charge in [0.05, 0.1) is 12.1 Å². The Kier molecular flexibility index (Phi) is 4.56. The number of nitrogens with one attached hydrogen (secondary N) is 1. The van der Waals surface area contributed by atoms with E-state index in [1.165, 1.54) is 5.56 Å². The van der Waals surface area contributed by atoms with Gasteiger partial charge in [-0.05, 0) is 19.4 Å². The van der Waals surface area contributed by atoms with E-state index in [4.69, 9.17) is 4.42 Å². The van der Waals surface area contributed by atoms with Crippen molar-refractivity contribution in [3.05, 3.63) is 52.7 Å². The second-order valence-corrected chi connectivity index (χ2v) is 5.01.